The lowest BCUT2D eigenvalue weighted by molar-refractivity contribution is 0.0977. The Morgan fingerprint density at radius 1 is 1.12 bits per heavy atom. The number of hydrogen-bond donors (Lipinski definition) is 1. The highest BCUT2D eigenvalue weighted by Crippen LogP contribution is 2.36. The van der Waals surface area contributed by atoms with E-state index in [-0.39, 0.29) is 11.6 Å². The monoisotopic (exact) mass is 455 g/mol. The van der Waals surface area contributed by atoms with Crippen molar-refractivity contribution in [3.63, 3.8) is 0 Å². The zero-order valence-electron chi connectivity index (χ0n) is 18.9. The van der Waals surface area contributed by atoms with Gasteiger partial charge in [0.25, 0.3) is 5.91 Å². The SMILES string of the molecule is Cc1cccc(-n2nc(C(C)C)c3c(N4CCCCC4)cc(C(=O)NS(C)(=O)=O)nc32)c1. The van der Waals surface area contributed by atoms with Crippen molar-refractivity contribution in [1.82, 2.24) is 19.5 Å². The van der Waals surface area contributed by atoms with Crippen molar-refractivity contribution in [3.8, 4) is 5.69 Å². The zero-order chi connectivity index (χ0) is 23.0. The second-order valence-corrected chi connectivity index (χ2v) is 10.5. The number of rotatable bonds is 5. The molecule has 0 radical (unpaired) electrons. The lowest BCUT2D eigenvalue weighted by atomic mass is 10.0. The van der Waals surface area contributed by atoms with E-state index in [9.17, 15) is 13.2 Å². The quantitative estimate of drug-likeness (QED) is 0.632. The van der Waals surface area contributed by atoms with Gasteiger partial charge in [0.15, 0.2) is 5.65 Å². The van der Waals surface area contributed by atoms with E-state index in [1.807, 2.05) is 31.2 Å². The van der Waals surface area contributed by atoms with E-state index < -0.39 is 15.9 Å². The summed E-state index contributed by atoms with van der Waals surface area (Å²) < 4.78 is 27.2. The van der Waals surface area contributed by atoms with Gasteiger partial charge in [0.1, 0.15) is 5.69 Å². The molecule has 1 aliphatic heterocycles. The molecule has 0 unspecified atom stereocenters. The summed E-state index contributed by atoms with van der Waals surface area (Å²) in [5.74, 6) is -0.597. The molecule has 32 heavy (non-hydrogen) atoms. The van der Waals surface area contributed by atoms with Gasteiger partial charge >= 0.3 is 0 Å². The number of aryl methyl sites for hydroxylation is 1. The summed E-state index contributed by atoms with van der Waals surface area (Å²) in [6, 6.07) is 9.65. The molecule has 0 aliphatic carbocycles. The van der Waals surface area contributed by atoms with Crippen molar-refractivity contribution < 1.29 is 13.2 Å². The van der Waals surface area contributed by atoms with Gasteiger partial charge in [-0.15, -0.1) is 0 Å². The first-order valence-corrected chi connectivity index (χ1v) is 12.8. The smallest absolute Gasteiger partial charge is 0.283 e. The molecule has 0 atom stereocenters. The first-order chi connectivity index (χ1) is 15.1. The summed E-state index contributed by atoms with van der Waals surface area (Å²) >= 11 is 0. The number of amides is 1. The molecule has 2 aromatic heterocycles. The Morgan fingerprint density at radius 3 is 2.47 bits per heavy atom. The predicted molar refractivity (Wildman–Crippen MR) is 126 cm³/mol. The molecule has 1 amide bonds. The minimum atomic E-state index is -3.71. The van der Waals surface area contributed by atoms with Crippen molar-refractivity contribution in [3.05, 3.63) is 47.3 Å². The summed E-state index contributed by atoms with van der Waals surface area (Å²) in [6.07, 6.45) is 4.27. The Balaban J connectivity index is 2.01. The van der Waals surface area contributed by atoms with Gasteiger partial charge < -0.3 is 4.90 Å². The molecule has 1 N–H and O–H groups in total. The number of benzene rings is 1. The summed E-state index contributed by atoms with van der Waals surface area (Å²) in [4.78, 5) is 19.7. The number of anilines is 1. The fraction of sp³-hybridized carbons (Fsp3) is 0.435. The lowest BCUT2D eigenvalue weighted by Gasteiger charge is -2.30. The Morgan fingerprint density at radius 2 is 1.84 bits per heavy atom. The first kappa shape index (κ1) is 22.3. The topological polar surface area (TPSA) is 97.2 Å². The van der Waals surface area contributed by atoms with E-state index in [4.69, 9.17) is 5.10 Å². The third-order valence-electron chi connectivity index (χ3n) is 5.64. The number of carbonyl (C=O) groups excluding carboxylic acids is 1. The molecular formula is C23H29N5O3S. The number of fused-ring (bicyclic) bond motifs is 1. The van der Waals surface area contributed by atoms with Crippen LogP contribution in [0, 0.1) is 6.92 Å². The number of pyridine rings is 1. The third-order valence-corrected chi connectivity index (χ3v) is 6.20. The maximum atomic E-state index is 12.8. The molecule has 1 aliphatic rings. The molecule has 1 fully saturated rings. The normalized spacial score (nSPS) is 14.8. The lowest BCUT2D eigenvalue weighted by Crippen LogP contribution is -2.32. The Labute approximate surface area is 188 Å². The molecule has 4 rings (SSSR count). The van der Waals surface area contributed by atoms with Crippen LogP contribution >= 0.6 is 0 Å². The fourth-order valence-electron chi connectivity index (χ4n) is 4.19. The highest BCUT2D eigenvalue weighted by molar-refractivity contribution is 7.89. The van der Waals surface area contributed by atoms with Crippen LogP contribution in [0.5, 0.6) is 0 Å². The van der Waals surface area contributed by atoms with Crippen molar-refractivity contribution in [2.75, 3.05) is 24.2 Å². The summed E-state index contributed by atoms with van der Waals surface area (Å²) in [5, 5.41) is 5.82. The van der Waals surface area contributed by atoms with Crippen molar-refractivity contribution >= 4 is 32.7 Å². The highest BCUT2D eigenvalue weighted by Gasteiger charge is 2.26. The number of nitrogens with zero attached hydrogens (tertiary/aromatic N) is 4. The van der Waals surface area contributed by atoms with Gasteiger partial charge in [-0.25, -0.2) is 22.8 Å². The highest BCUT2D eigenvalue weighted by atomic mass is 32.2. The fourth-order valence-corrected chi connectivity index (χ4v) is 4.63. The Kier molecular flexibility index (Phi) is 5.94. The molecule has 1 aromatic carbocycles. The number of nitrogens with one attached hydrogen (secondary N) is 1. The number of aromatic nitrogens is 3. The van der Waals surface area contributed by atoms with Gasteiger partial charge in [-0.1, -0.05) is 26.0 Å². The van der Waals surface area contributed by atoms with Gasteiger partial charge in [0, 0.05) is 13.1 Å². The zero-order valence-corrected chi connectivity index (χ0v) is 19.7. The maximum Gasteiger partial charge on any atom is 0.283 e. The maximum absolute atomic E-state index is 12.8. The molecule has 0 saturated carbocycles. The number of piperidine rings is 1. The summed E-state index contributed by atoms with van der Waals surface area (Å²) in [6.45, 7) is 7.94. The van der Waals surface area contributed by atoms with Gasteiger partial charge in [-0.3, -0.25) is 4.79 Å². The standard InChI is InChI=1S/C23H29N5O3S/c1-15(2)21-20-19(27-11-6-5-7-12-27)14-18(23(29)26-32(4,30)31)24-22(20)28(25-21)17-10-8-9-16(3)13-17/h8-10,13-15H,5-7,11-12H2,1-4H3,(H,26,29). The van der Waals surface area contributed by atoms with E-state index in [1.165, 1.54) is 6.42 Å². The van der Waals surface area contributed by atoms with Crippen LogP contribution in [0.15, 0.2) is 30.3 Å². The molecule has 0 bridgehead atoms. The van der Waals surface area contributed by atoms with Crippen molar-refractivity contribution in [2.45, 2.75) is 46.0 Å². The second-order valence-electron chi connectivity index (χ2n) is 8.77. The van der Waals surface area contributed by atoms with Crippen LogP contribution in [0.25, 0.3) is 16.7 Å². The second kappa shape index (κ2) is 8.54. The molecule has 170 valence electrons. The van der Waals surface area contributed by atoms with E-state index >= 15 is 0 Å². The van der Waals surface area contributed by atoms with Crippen LogP contribution in [-0.2, 0) is 10.0 Å². The predicted octanol–water partition coefficient (Wildman–Crippen LogP) is 3.53. The number of carbonyl (C=O) groups is 1. The van der Waals surface area contributed by atoms with Gasteiger partial charge in [0.05, 0.1) is 28.7 Å². The first-order valence-electron chi connectivity index (χ1n) is 10.9. The van der Waals surface area contributed by atoms with E-state index in [0.29, 0.717) is 5.65 Å². The molecule has 8 nitrogen and oxygen atoms in total. The molecule has 3 aromatic rings. The summed E-state index contributed by atoms with van der Waals surface area (Å²) in [7, 11) is -3.71. The van der Waals surface area contributed by atoms with E-state index in [0.717, 1.165) is 60.2 Å². The van der Waals surface area contributed by atoms with Gasteiger partial charge in [0.2, 0.25) is 10.0 Å². The minimum absolute atomic E-state index is 0.0626. The van der Waals surface area contributed by atoms with Crippen molar-refractivity contribution in [2.24, 2.45) is 0 Å². The van der Waals surface area contributed by atoms with Crippen LogP contribution in [-0.4, -0.2) is 48.4 Å². The average Bonchev–Trinajstić information content (AvgIpc) is 3.12. The largest absolute Gasteiger partial charge is 0.371 e. The molecule has 1 saturated heterocycles. The van der Waals surface area contributed by atoms with E-state index in [2.05, 4.69) is 28.5 Å². The van der Waals surface area contributed by atoms with Crippen molar-refractivity contribution in [1.29, 1.82) is 0 Å². The van der Waals surface area contributed by atoms with Crippen LogP contribution in [0.3, 0.4) is 0 Å². The average molecular weight is 456 g/mol. The summed E-state index contributed by atoms with van der Waals surface area (Å²) in [5.41, 5.74) is 4.34. The number of hydrogen-bond acceptors (Lipinski definition) is 6. The minimum Gasteiger partial charge on any atom is -0.371 e. The van der Waals surface area contributed by atoms with Crippen LogP contribution in [0.4, 0.5) is 5.69 Å². The Bertz CT molecular complexity index is 1270. The van der Waals surface area contributed by atoms with Crippen LogP contribution in [0.2, 0.25) is 0 Å². The van der Waals surface area contributed by atoms with Crippen LogP contribution in [0.1, 0.15) is 60.8 Å². The van der Waals surface area contributed by atoms with Crippen LogP contribution < -0.4 is 9.62 Å². The molecule has 3 heterocycles. The van der Waals surface area contributed by atoms with Gasteiger partial charge in [-0.2, -0.15) is 5.10 Å². The molecule has 9 heteroatoms. The third kappa shape index (κ3) is 4.48. The van der Waals surface area contributed by atoms with Gasteiger partial charge in [-0.05, 0) is 55.9 Å². The molecular weight excluding hydrogens is 426 g/mol. The molecule has 0 spiro atoms. The van der Waals surface area contributed by atoms with E-state index in [1.54, 1.807) is 10.7 Å². The number of sulfonamides is 1. The Hall–Kier alpha value is -2.94.